The molecular formula is C11H18Cl2N2OS. The molecule has 98 valence electrons. The molecule has 0 saturated carbocycles. The molecule has 3 N–H and O–H groups in total. The molecule has 3 nitrogen and oxygen atoms in total. The molecule has 0 aliphatic rings. The topological polar surface area (TPSA) is 55.1 Å². The fourth-order valence-corrected chi connectivity index (χ4v) is 2.39. The van der Waals surface area contributed by atoms with Crippen molar-refractivity contribution in [2.24, 2.45) is 11.7 Å². The SMILES string of the molecule is CC(C)C[C@H](N)C(=O)NCc1ccc(Cl)s1.Cl. The average Bonchev–Trinajstić information content (AvgIpc) is 2.59. The molecule has 0 unspecified atom stereocenters. The molecular weight excluding hydrogens is 279 g/mol. The Balaban J connectivity index is 0.00000256. The van der Waals surface area contributed by atoms with Gasteiger partial charge in [0.15, 0.2) is 0 Å². The van der Waals surface area contributed by atoms with E-state index in [4.69, 9.17) is 17.3 Å². The maximum Gasteiger partial charge on any atom is 0.237 e. The summed E-state index contributed by atoms with van der Waals surface area (Å²) in [5.74, 6) is 0.329. The van der Waals surface area contributed by atoms with Crippen LogP contribution in [0.1, 0.15) is 25.1 Å². The Labute approximate surface area is 117 Å². The van der Waals surface area contributed by atoms with Gasteiger partial charge in [-0.2, -0.15) is 0 Å². The zero-order valence-electron chi connectivity index (χ0n) is 9.90. The minimum Gasteiger partial charge on any atom is -0.350 e. The lowest BCUT2D eigenvalue weighted by atomic mass is 10.0. The molecule has 1 aromatic heterocycles. The Morgan fingerprint density at radius 1 is 1.53 bits per heavy atom. The van der Waals surface area contributed by atoms with Gasteiger partial charge < -0.3 is 11.1 Å². The number of rotatable bonds is 5. The highest BCUT2D eigenvalue weighted by Gasteiger charge is 2.14. The average molecular weight is 297 g/mol. The number of halogens is 2. The third-order valence-corrected chi connectivity index (χ3v) is 3.36. The van der Waals surface area contributed by atoms with Crippen LogP contribution in [0.2, 0.25) is 4.34 Å². The molecule has 0 bridgehead atoms. The van der Waals surface area contributed by atoms with E-state index in [1.807, 2.05) is 26.0 Å². The second-order valence-corrected chi connectivity index (χ2v) is 5.96. The smallest absolute Gasteiger partial charge is 0.237 e. The summed E-state index contributed by atoms with van der Waals surface area (Å²) < 4.78 is 0.732. The molecule has 6 heteroatoms. The highest BCUT2D eigenvalue weighted by atomic mass is 35.5. The lowest BCUT2D eigenvalue weighted by Crippen LogP contribution is -2.40. The summed E-state index contributed by atoms with van der Waals surface area (Å²) in [4.78, 5) is 12.6. The fourth-order valence-electron chi connectivity index (χ4n) is 1.37. The standard InChI is InChI=1S/C11H17ClN2OS.ClH/c1-7(2)5-9(13)11(15)14-6-8-3-4-10(12)16-8;/h3-4,7,9H,5-6,13H2,1-2H3,(H,14,15);1H/t9-;/m0./s1. The number of nitrogens with one attached hydrogen (secondary N) is 1. The van der Waals surface area contributed by atoms with Gasteiger partial charge in [0.1, 0.15) is 0 Å². The number of amides is 1. The number of carbonyl (C=O) groups excluding carboxylic acids is 1. The quantitative estimate of drug-likeness (QED) is 0.878. The lowest BCUT2D eigenvalue weighted by Gasteiger charge is -2.13. The molecule has 0 aliphatic carbocycles. The van der Waals surface area contributed by atoms with Crippen LogP contribution in [0.5, 0.6) is 0 Å². The van der Waals surface area contributed by atoms with Gasteiger partial charge in [0, 0.05) is 4.88 Å². The van der Waals surface area contributed by atoms with Crippen LogP contribution in [0.4, 0.5) is 0 Å². The molecule has 1 atom stereocenters. The van der Waals surface area contributed by atoms with E-state index < -0.39 is 6.04 Å². The lowest BCUT2D eigenvalue weighted by molar-refractivity contribution is -0.122. The van der Waals surface area contributed by atoms with Gasteiger partial charge in [-0.05, 0) is 24.5 Å². The highest BCUT2D eigenvalue weighted by molar-refractivity contribution is 7.16. The number of nitrogens with two attached hydrogens (primary N) is 1. The predicted molar refractivity (Wildman–Crippen MR) is 75.9 cm³/mol. The van der Waals surface area contributed by atoms with Gasteiger partial charge in [-0.3, -0.25) is 4.79 Å². The summed E-state index contributed by atoms with van der Waals surface area (Å²) in [5.41, 5.74) is 5.75. The van der Waals surface area contributed by atoms with Crippen LogP contribution in [0.25, 0.3) is 0 Å². The van der Waals surface area contributed by atoms with Crippen molar-refractivity contribution in [3.63, 3.8) is 0 Å². The maximum absolute atomic E-state index is 11.6. The van der Waals surface area contributed by atoms with Gasteiger partial charge in [0.2, 0.25) is 5.91 Å². The first-order valence-electron chi connectivity index (χ1n) is 5.26. The van der Waals surface area contributed by atoms with Crippen molar-refractivity contribution in [2.45, 2.75) is 32.9 Å². The van der Waals surface area contributed by atoms with Gasteiger partial charge in [-0.1, -0.05) is 25.4 Å². The highest BCUT2D eigenvalue weighted by Crippen LogP contribution is 2.20. The zero-order chi connectivity index (χ0) is 12.1. The summed E-state index contributed by atoms with van der Waals surface area (Å²) in [6.07, 6.45) is 0.705. The van der Waals surface area contributed by atoms with Crippen LogP contribution in [0.15, 0.2) is 12.1 Å². The third-order valence-electron chi connectivity index (χ3n) is 2.13. The minimum absolute atomic E-state index is 0. The van der Waals surface area contributed by atoms with E-state index >= 15 is 0 Å². The first-order valence-corrected chi connectivity index (χ1v) is 6.46. The molecule has 1 aromatic rings. The van der Waals surface area contributed by atoms with Crippen molar-refractivity contribution in [1.29, 1.82) is 0 Å². The van der Waals surface area contributed by atoms with Crippen molar-refractivity contribution in [3.05, 3.63) is 21.3 Å². The molecule has 0 saturated heterocycles. The zero-order valence-corrected chi connectivity index (χ0v) is 12.3. The van der Waals surface area contributed by atoms with Gasteiger partial charge in [0.05, 0.1) is 16.9 Å². The monoisotopic (exact) mass is 296 g/mol. The third kappa shape index (κ3) is 6.27. The number of thiophene rings is 1. The molecule has 1 rings (SSSR count). The number of hydrogen-bond acceptors (Lipinski definition) is 3. The van der Waals surface area contributed by atoms with Gasteiger partial charge >= 0.3 is 0 Å². The van der Waals surface area contributed by atoms with Crippen LogP contribution < -0.4 is 11.1 Å². The predicted octanol–water partition coefficient (Wildman–Crippen LogP) is 2.81. The number of carbonyl (C=O) groups is 1. The molecule has 1 amide bonds. The van der Waals surface area contributed by atoms with Crippen molar-refractivity contribution < 1.29 is 4.79 Å². The molecule has 0 spiro atoms. The van der Waals surface area contributed by atoms with Gasteiger partial charge in [-0.15, -0.1) is 23.7 Å². The second-order valence-electron chi connectivity index (χ2n) is 4.16. The van der Waals surface area contributed by atoms with Crippen LogP contribution in [-0.2, 0) is 11.3 Å². The van der Waals surface area contributed by atoms with E-state index in [9.17, 15) is 4.79 Å². The van der Waals surface area contributed by atoms with Gasteiger partial charge in [-0.25, -0.2) is 0 Å². The molecule has 0 aliphatic heterocycles. The fraction of sp³-hybridized carbons (Fsp3) is 0.545. The largest absolute Gasteiger partial charge is 0.350 e. The van der Waals surface area contributed by atoms with Crippen LogP contribution >= 0.6 is 35.3 Å². The van der Waals surface area contributed by atoms with E-state index in [1.165, 1.54) is 11.3 Å². The summed E-state index contributed by atoms with van der Waals surface area (Å²) in [6, 6.07) is 3.30. The summed E-state index contributed by atoms with van der Waals surface area (Å²) >= 11 is 7.25. The molecule has 1 heterocycles. The Morgan fingerprint density at radius 3 is 2.65 bits per heavy atom. The first kappa shape index (κ1) is 16.7. The van der Waals surface area contributed by atoms with E-state index in [1.54, 1.807) is 0 Å². The normalized spacial score (nSPS) is 12.1. The maximum atomic E-state index is 11.6. The van der Waals surface area contributed by atoms with Crippen LogP contribution in [-0.4, -0.2) is 11.9 Å². The van der Waals surface area contributed by atoms with E-state index in [0.717, 1.165) is 9.21 Å². The number of hydrogen-bond donors (Lipinski definition) is 2. The van der Waals surface area contributed by atoms with Crippen LogP contribution in [0, 0.1) is 5.92 Å². The molecule has 0 fully saturated rings. The molecule has 17 heavy (non-hydrogen) atoms. The molecule has 0 aromatic carbocycles. The summed E-state index contributed by atoms with van der Waals surface area (Å²) in [5, 5.41) is 2.81. The minimum atomic E-state index is -0.421. The van der Waals surface area contributed by atoms with E-state index in [2.05, 4.69) is 5.32 Å². The van der Waals surface area contributed by atoms with Crippen molar-refractivity contribution in [2.75, 3.05) is 0 Å². The Bertz CT molecular complexity index is 355. The van der Waals surface area contributed by atoms with Crippen molar-refractivity contribution >= 4 is 41.3 Å². The van der Waals surface area contributed by atoms with Crippen molar-refractivity contribution in [3.8, 4) is 0 Å². The van der Waals surface area contributed by atoms with Crippen LogP contribution in [0.3, 0.4) is 0 Å². The van der Waals surface area contributed by atoms with E-state index in [0.29, 0.717) is 18.9 Å². The Kier molecular flexibility index (Phi) is 7.79. The first-order chi connectivity index (χ1) is 7.49. The Hall–Kier alpha value is -0.290. The van der Waals surface area contributed by atoms with Gasteiger partial charge in [0.25, 0.3) is 0 Å². The summed E-state index contributed by atoms with van der Waals surface area (Å²) in [6.45, 7) is 4.60. The van der Waals surface area contributed by atoms with E-state index in [-0.39, 0.29) is 18.3 Å². The molecule has 0 radical (unpaired) electrons. The second kappa shape index (κ2) is 7.93. The van der Waals surface area contributed by atoms with Crippen molar-refractivity contribution in [1.82, 2.24) is 5.32 Å². The summed E-state index contributed by atoms with van der Waals surface area (Å²) in [7, 11) is 0. The Morgan fingerprint density at radius 2 is 2.18 bits per heavy atom.